The summed E-state index contributed by atoms with van der Waals surface area (Å²) < 4.78 is 11.0. The predicted octanol–water partition coefficient (Wildman–Crippen LogP) is 3.52. The maximum atomic E-state index is 12.4. The van der Waals surface area contributed by atoms with E-state index in [1.54, 1.807) is 31.5 Å². The van der Waals surface area contributed by atoms with Crippen molar-refractivity contribution in [3.63, 3.8) is 0 Å². The minimum atomic E-state index is -0.346. The molecule has 0 unspecified atom stereocenters. The van der Waals surface area contributed by atoms with E-state index >= 15 is 0 Å². The van der Waals surface area contributed by atoms with Gasteiger partial charge in [0.2, 0.25) is 0 Å². The SMILES string of the molecule is Cc1ccccc1OCc1c(C(=O)Nc2ccncc2)noc1C. The number of para-hydroxylation sites is 1. The highest BCUT2D eigenvalue weighted by Crippen LogP contribution is 2.21. The Kier molecular flexibility index (Phi) is 4.56. The smallest absolute Gasteiger partial charge is 0.278 e. The quantitative estimate of drug-likeness (QED) is 0.777. The fourth-order valence-electron chi connectivity index (χ4n) is 2.23. The van der Waals surface area contributed by atoms with Crippen LogP contribution in [0.15, 0.2) is 53.3 Å². The van der Waals surface area contributed by atoms with Gasteiger partial charge in [0, 0.05) is 18.1 Å². The maximum absolute atomic E-state index is 12.4. The largest absolute Gasteiger partial charge is 0.488 e. The van der Waals surface area contributed by atoms with E-state index < -0.39 is 0 Å². The molecule has 0 aliphatic rings. The number of nitrogens with zero attached hydrogens (tertiary/aromatic N) is 2. The molecule has 2 aromatic heterocycles. The van der Waals surface area contributed by atoms with E-state index in [9.17, 15) is 4.79 Å². The van der Waals surface area contributed by atoms with Crippen LogP contribution in [0, 0.1) is 13.8 Å². The Labute approximate surface area is 139 Å². The van der Waals surface area contributed by atoms with Gasteiger partial charge < -0.3 is 14.6 Å². The number of rotatable bonds is 5. The summed E-state index contributed by atoms with van der Waals surface area (Å²) in [5.41, 5.74) is 2.51. The van der Waals surface area contributed by atoms with Crippen LogP contribution < -0.4 is 10.1 Å². The van der Waals surface area contributed by atoms with Gasteiger partial charge in [0.25, 0.3) is 5.91 Å². The Bertz CT molecular complexity index is 844. The van der Waals surface area contributed by atoms with E-state index in [4.69, 9.17) is 9.26 Å². The fraction of sp³-hybridized carbons (Fsp3) is 0.167. The zero-order valence-electron chi connectivity index (χ0n) is 13.4. The van der Waals surface area contributed by atoms with Crippen molar-refractivity contribution in [2.24, 2.45) is 0 Å². The molecule has 0 fully saturated rings. The molecule has 0 radical (unpaired) electrons. The standard InChI is InChI=1S/C18H17N3O3/c1-12-5-3-4-6-16(12)23-11-15-13(2)24-21-17(15)18(22)20-14-7-9-19-10-8-14/h3-10H,11H2,1-2H3,(H,19,20,22). The fourth-order valence-corrected chi connectivity index (χ4v) is 2.23. The topological polar surface area (TPSA) is 77.2 Å². The summed E-state index contributed by atoms with van der Waals surface area (Å²) in [4.78, 5) is 16.3. The molecule has 24 heavy (non-hydrogen) atoms. The second kappa shape index (κ2) is 6.95. The van der Waals surface area contributed by atoms with Crippen molar-refractivity contribution in [2.75, 3.05) is 5.32 Å². The summed E-state index contributed by atoms with van der Waals surface area (Å²) >= 11 is 0. The van der Waals surface area contributed by atoms with E-state index in [1.165, 1.54) is 0 Å². The van der Waals surface area contributed by atoms with Gasteiger partial charge in [0.15, 0.2) is 5.69 Å². The molecule has 3 rings (SSSR count). The Morgan fingerprint density at radius 2 is 1.92 bits per heavy atom. The van der Waals surface area contributed by atoms with E-state index in [0.29, 0.717) is 17.0 Å². The Balaban J connectivity index is 1.76. The number of nitrogens with one attached hydrogen (secondary N) is 1. The predicted molar refractivity (Wildman–Crippen MR) is 88.9 cm³/mol. The average molecular weight is 323 g/mol. The Morgan fingerprint density at radius 3 is 2.67 bits per heavy atom. The van der Waals surface area contributed by atoms with Crippen molar-refractivity contribution in [3.05, 3.63) is 71.4 Å². The van der Waals surface area contributed by atoms with Crippen LogP contribution in [0.5, 0.6) is 5.75 Å². The summed E-state index contributed by atoms with van der Waals surface area (Å²) in [5, 5.41) is 6.63. The first kappa shape index (κ1) is 15.7. The van der Waals surface area contributed by atoms with Crippen molar-refractivity contribution in [3.8, 4) is 5.75 Å². The lowest BCUT2D eigenvalue weighted by Crippen LogP contribution is -2.15. The number of carbonyl (C=O) groups excluding carboxylic acids is 1. The van der Waals surface area contributed by atoms with Gasteiger partial charge in [-0.3, -0.25) is 9.78 Å². The van der Waals surface area contributed by atoms with E-state index in [0.717, 1.165) is 11.3 Å². The Hall–Kier alpha value is -3.15. The molecule has 0 bridgehead atoms. The summed E-state index contributed by atoms with van der Waals surface area (Å²) in [5.74, 6) is 0.975. The molecule has 2 heterocycles. The number of aromatic nitrogens is 2. The zero-order chi connectivity index (χ0) is 16.9. The first-order valence-electron chi connectivity index (χ1n) is 7.50. The van der Waals surface area contributed by atoms with E-state index in [-0.39, 0.29) is 18.2 Å². The van der Waals surface area contributed by atoms with Crippen molar-refractivity contribution < 1.29 is 14.1 Å². The van der Waals surface area contributed by atoms with Gasteiger partial charge in [0.05, 0.1) is 5.56 Å². The first-order chi connectivity index (χ1) is 11.6. The van der Waals surface area contributed by atoms with Gasteiger partial charge in [-0.15, -0.1) is 0 Å². The van der Waals surface area contributed by atoms with Gasteiger partial charge in [0.1, 0.15) is 18.1 Å². The summed E-state index contributed by atoms with van der Waals surface area (Å²) in [6, 6.07) is 11.1. The van der Waals surface area contributed by atoms with Crippen LogP contribution >= 0.6 is 0 Å². The number of anilines is 1. The second-order valence-corrected chi connectivity index (χ2v) is 5.31. The highest BCUT2D eigenvalue weighted by Gasteiger charge is 2.20. The maximum Gasteiger partial charge on any atom is 0.278 e. The monoisotopic (exact) mass is 323 g/mol. The molecule has 0 atom stereocenters. The highest BCUT2D eigenvalue weighted by atomic mass is 16.5. The van der Waals surface area contributed by atoms with Crippen molar-refractivity contribution in [2.45, 2.75) is 20.5 Å². The van der Waals surface area contributed by atoms with Gasteiger partial charge in [-0.1, -0.05) is 23.4 Å². The summed E-state index contributed by atoms with van der Waals surface area (Å²) in [6.07, 6.45) is 3.21. The van der Waals surface area contributed by atoms with Crippen LogP contribution in [0.1, 0.15) is 27.4 Å². The lowest BCUT2D eigenvalue weighted by molar-refractivity contribution is 0.101. The number of hydrogen-bond acceptors (Lipinski definition) is 5. The third-order valence-electron chi connectivity index (χ3n) is 3.60. The third-order valence-corrected chi connectivity index (χ3v) is 3.60. The van der Waals surface area contributed by atoms with Crippen LogP contribution in [-0.4, -0.2) is 16.0 Å². The number of benzene rings is 1. The third kappa shape index (κ3) is 3.43. The molecule has 0 spiro atoms. The molecule has 6 heteroatoms. The molecule has 1 aromatic carbocycles. The lowest BCUT2D eigenvalue weighted by atomic mass is 10.2. The molecule has 0 aliphatic heterocycles. The Morgan fingerprint density at radius 1 is 1.17 bits per heavy atom. The van der Waals surface area contributed by atoms with Crippen LogP contribution in [0.25, 0.3) is 0 Å². The highest BCUT2D eigenvalue weighted by molar-refractivity contribution is 6.03. The lowest BCUT2D eigenvalue weighted by Gasteiger charge is -2.09. The van der Waals surface area contributed by atoms with Gasteiger partial charge in [-0.25, -0.2) is 0 Å². The number of hydrogen-bond donors (Lipinski definition) is 1. The summed E-state index contributed by atoms with van der Waals surface area (Å²) in [7, 11) is 0. The molecule has 0 saturated heterocycles. The van der Waals surface area contributed by atoms with E-state index in [2.05, 4.69) is 15.5 Å². The van der Waals surface area contributed by atoms with Crippen molar-refractivity contribution in [1.29, 1.82) is 0 Å². The molecular formula is C18H17N3O3. The van der Waals surface area contributed by atoms with Gasteiger partial charge in [-0.2, -0.15) is 0 Å². The van der Waals surface area contributed by atoms with Gasteiger partial charge >= 0.3 is 0 Å². The number of aryl methyl sites for hydroxylation is 2. The van der Waals surface area contributed by atoms with Crippen molar-refractivity contribution >= 4 is 11.6 Å². The molecule has 6 nitrogen and oxygen atoms in total. The van der Waals surface area contributed by atoms with Crippen molar-refractivity contribution in [1.82, 2.24) is 10.1 Å². The summed E-state index contributed by atoms with van der Waals surface area (Å²) in [6.45, 7) is 3.93. The second-order valence-electron chi connectivity index (χ2n) is 5.31. The number of pyridine rings is 1. The average Bonchev–Trinajstić information content (AvgIpc) is 2.96. The molecule has 1 N–H and O–H groups in total. The zero-order valence-corrected chi connectivity index (χ0v) is 13.4. The molecule has 1 amide bonds. The normalized spacial score (nSPS) is 10.4. The number of carbonyl (C=O) groups is 1. The minimum absolute atomic E-state index is 0.208. The van der Waals surface area contributed by atoms with Crippen LogP contribution in [-0.2, 0) is 6.61 Å². The molecule has 122 valence electrons. The van der Waals surface area contributed by atoms with Crippen LogP contribution in [0.3, 0.4) is 0 Å². The van der Waals surface area contributed by atoms with Gasteiger partial charge in [-0.05, 0) is 37.6 Å². The molecule has 3 aromatic rings. The van der Waals surface area contributed by atoms with E-state index in [1.807, 2.05) is 31.2 Å². The minimum Gasteiger partial charge on any atom is -0.488 e. The molecule has 0 saturated carbocycles. The van der Waals surface area contributed by atoms with Crippen LogP contribution in [0.2, 0.25) is 0 Å². The molecular weight excluding hydrogens is 306 g/mol. The number of ether oxygens (including phenoxy) is 1. The van der Waals surface area contributed by atoms with Crippen LogP contribution in [0.4, 0.5) is 5.69 Å². The molecule has 0 aliphatic carbocycles. The first-order valence-corrected chi connectivity index (χ1v) is 7.50. The number of amides is 1.